The maximum Gasteiger partial charge on any atom is 0.326 e. The zero-order chi connectivity index (χ0) is 19.3. The number of hydrogen-bond donors (Lipinski definition) is 2. The van der Waals surface area contributed by atoms with Crippen LogP contribution < -0.4 is 5.32 Å². The average Bonchev–Trinajstić information content (AvgIpc) is 3.04. The minimum Gasteiger partial charge on any atom is -0.480 e. The molecule has 6 nitrogen and oxygen atoms in total. The number of benzene rings is 1. The van der Waals surface area contributed by atoms with Crippen LogP contribution in [0, 0.1) is 5.82 Å². The summed E-state index contributed by atoms with van der Waals surface area (Å²) >= 11 is 0. The van der Waals surface area contributed by atoms with Gasteiger partial charge < -0.3 is 10.4 Å². The molecule has 7 heteroatoms. The summed E-state index contributed by atoms with van der Waals surface area (Å²) in [5.74, 6) is -2.02. The molecule has 0 aliphatic heterocycles. The van der Waals surface area contributed by atoms with Crippen molar-refractivity contribution in [1.29, 1.82) is 0 Å². The van der Waals surface area contributed by atoms with Gasteiger partial charge >= 0.3 is 5.97 Å². The normalized spacial score (nSPS) is 12.0. The van der Waals surface area contributed by atoms with Crippen LogP contribution in [0.1, 0.15) is 48.7 Å². The minimum atomic E-state index is -1.10. The summed E-state index contributed by atoms with van der Waals surface area (Å²) < 4.78 is 14.7. The number of nitrogens with zero attached hydrogens (tertiary/aromatic N) is 2. The molecule has 0 aliphatic rings. The zero-order valence-corrected chi connectivity index (χ0v) is 14.8. The van der Waals surface area contributed by atoms with Crippen molar-refractivity contribution in [3.63, 3.8) is 0 Å². The van der Waals surface area contributed by atoms with E-state index in [0.717, 1.165) is 0 Å². The topological polar surface area (TPSA) is 84.2 Å². The molecule has 0 spiro atoms. The lowest BCUT2D eigenvalue weighted by molar-refractivity contribution is -0.139. The number of halogens is 1. The third-order valence-corrected chi connectivity index (χ3v) is 3.93. The number of aromatic nitrogens is 2. The number of carbonyl (C=O) groups excluding carboxylic acids is 1. The van der Waals surface area contributed by atoms with Crippen molar-refractivity contribution in [2.45, 2.75) is 38.6 Å². The van der Waals surface area contributed by atoms with Crippen LogP contribution in [0.2, 0.25) is 0 Å². The van der Waals surface area contributed by atoms with Crippen LogP contribution >= 0.6 is 0 Å². The second-order valence-electron chi connectivity index (χ2n) is 6.22. The Balaban J connectivity index is 2.34. The quantitative estimate of drug-likeness (QED) is 0.709. The van der Waals surface area contributed by atoms with Gasteiger partial charge in [0.2, 0.25) is 0 Å². The van der Waals surface area contributed by atoms with Gasteiger partial charge in [0, 0.05) is 0 Å². The zero-order valence-electron chi connectivity index (χ0n) is 14.8. The first-order valence-corrected chi connectivity index (χ1v) is 8.33. The molecule has 2 N–H and O–H groups in total. The lowest BCUT2D eigenvalue weighted by atomic mass is 10.0. The van der Waals surface area contributed by atoms with Crippen LogP contribution in [0.4, 0.5) is 4.39 Å². The molecule has 2 aromatic rings. The highest BCUT2D eigenvalue weighted by molar-refractivity contribution is 5.97. The predicted molar refractivity (Wildman–Crippen MR) is 95.9 cm³/mol. The van der Waals surface area contributed by atoms with Crippen LogP contribution in [0.3, 0.4) is 0 Å². The van der Waals surface area contributed by atoms with Gasteiger partial charge in [-0.25, -0.2) is 13.9 Å². The Labute approximate surface area is 151 Å². The van der Waals surface area contributed by atoms with Gasteiger partial charge in [0.15, 0.2) is 0 Å². The number of carboxylic acids is 1. The molecule has 26 heavy (non-hydrogen) atoms. The summed E-state index contributed by atoms with van der Waals surface area (Å²) in [5, 5.41) is 16.1. The first-order valence-electron chi connectivity index (χ1n) is 8.33. The molecule has 0 saturated carbocycles. The number of nitrogens with one attached hydrogen (secondary N) is 1. The molecule has 1 aromatic carbocycles. The van der Waals surface area contributed by atoms with Crippen LogP contribution in [-0.4, -0.2) is 32.8 Å². The maximum atomic E-state index is 13.2. The fraction of sp³-hybridized carbons (Fsp3) is 0.316. The third-order valence-electron chi connectivity index (χ3n) is 3.93. The van der Waals surface area contributed by atoms with Gasteiger partial charge in [-0.3, -0.25) is 4.79 Å². The molecule has 1 aromatic heterocycles. The first-order chi connectivity index (χ1) is 12.3. The Morgan fingerprint density at radius 3 is 2.54 bits per heavy atom. The van der Waals surface area contributed by atoms with Gasteiger partial charge in [-0.05, 0) is 43.0 Å². The molecule has 2 rings (SSSR count). The molecule has 1 amide bonds. The van der Waals surface area contributed by atoms with Crippen LogP contribution in [-0.2, 0) is 4.79 Å². The van der Waals surface area contributed by atoms with Crippen LogP contribution in [0.15, 0.2) is 43.1 Å². The fourth-order valence-electron chi connectivity index (χ4n) is 2.65. The molecule has 1 unspecified atom stereocenters. The van der Waals surface area contributed by atoms with Crippen LogP contribution in [0.5, 0.6) is 0 Å². The first kappa shape index (κ1) is 19.4. The summed E-state index contributed by atoms with van der Waals surface area (Å²) in [7, 11) is 0. The standard InChI is InChI=1S/C19H22FN3O3/c1-4-5-6-16(19(25)26)22-18(24)15-11-21-23(17(15)12(2)3)14-9-7-13(20)8-10-14/h4,7-12,16H,1,5-6H2,2-3H3,(H,22,24)(H,25,26). The second-order valence-corrected chi connectivity index (χ2v) is 6.22. The Morgan fingerprint density at radius 1 is 1.35 bits per heavy atom. The van der Waals surface area contributed by atoms with E-state index in [4.69, 9.17) is 0 Å². The molecule has 0 bridgehead atoms. The minimum absolute atomic E-state index is 0.0558. The average molecular weight is 359 g/mol. The van der Waals surface area contributed by atoms with Gasteiger partial charge in [0.1, 0.15) is 11.9 Å². The highest BCUT2D eigenvalue weighted by atomic mass is 19.1. The smallest absolute Gasteiger partial charge is 0.326 e. The Kier molecular flexibility index (Phi) is 6.27. The highest BCUT2D eigenvalue weighted by Gasteiger charge is 2.25. The molecular weight excluding hydrogens is 337 g/mol. The number of carboxylic acid groups (broad SMARTS) is 1. The molecule has 1 heterocycles. The van der Waals surface area contributed by atoms with Crippen LogP contribution in [0.25, 0.3) is 5.69 Å². The number of allylic oxidation sites excluding steroid dienone is 1. The van der Waals surface area contributed by atoms with Gasteiger partial charge in [-0.2, -0.15) is 5.10 Å². The summed E-state index contributed by atoms with van der Waals surface area (Å²) in [4.78, 5) is 24.0. The SMILES string of the molecule is C=CCCC(NC(=O)c1cnn(-c2ccc(F)cc2)c1C(C)C)C(=O)O. The van der Waals surface area contributed by atoms with Gasteiger partial charge in [0.25, 0.3) is 5.91 Å². The molecule has 1 atom stereocenters. The lowest BCUT2D eigenvalue weighted by Crippen LogP contribution is -2.41. The van der Waals surface area contributed by atoms with E-state index in [1.165, 1.54) is 18.3 Å². The van der Waals surface area contributed by atoms with E-state index >= 15 is 0 Å². The molecule has 138 valence electrons. The summed E-state index contributed by atoms with van der Waals surface area (Å²) in [6, 6.07) is 4.77. The lowest BCUT2D eigenvalue weighted by Gasteiger charge is -2.16. The fourth-order valence-corrected chi connectivity index (χ4v) is 2.65. The maximum absolute atomic E-state index is 13.2. The Morgan fingerprint density at radius 2 is 2.00 bits per heavy atom. The number of carbonyl (C=O) groups is 2. The second kappa shape index (κ2) is 8.42. The largest absolute Gasteiger partial charge is 0.480 e. The Bertz CT molecular complexity index is 797. The Hall–Kier alpha value is -2.96. The third kappa shape index (κ3) is 4.36. The molecule has 0 saturated heterocycles. The predicted octanol–water partition coefficient (Wildman–Crippen LogP) is 3.28. The monoisotopic (exact) mass is 359 g/mol. The van der Waals surface area contributed by atoms with Crippen molar-refractivity contribution < 1.29 is 19.1 Å². The molecule has 0 radical (unpaired) electrons. The van der Waals surface area contributed by atoms with Crippen molar-refractivity contribution in [3.8, 4) is 5.69 Å². The number of rotatable bonds is 8. The molecule has 0 aliphatic carbocycles. The van der Waals surface area contributed by atoms with E-state index < -0.39 is 17.9 Å². The van der Waals surface area contributed by atoms with E-state index in [0.29, 0.717) is 23.4 Å². The molecule has 0 fully saturated rings. The molecular formula is C19H22FN3O3. The van der Waals surface area contributed by atoms with Crippen molar-refractivity contribution in [2.24, 2.45) is 0 Å². The summed E-state index contributed by atoms with van der Waals surface area (Å²) in [5.41, 5.74) is 1.55. The number of hydrogen-bond acceptors (Lipinski definition) is 3. The van der Waals surface area contributed by atoms with Crippen molar-refractivity contribution >= 4 is 11.9 Å². The van der Waals surface area contributed by atoms with Gasteiger partial charge in [0.05, 0.1) is 23.1 Å². The van der Waals surface area contributed by atoms with Crippen molar-refractivity contribution in [2.75, 3.05) is 0 Å². The van der Waals surface area contributed by atoms with E-state index in [-0.39, 0.29) is 18.2 Å². The van der Waals surface area contributed by atoms with E-state index in [2.05, 4.69) is 17.0 Å². The number of amides is 1. The highest BCUT2D eigenvalue weighted by Crippen LogP contribution is 2.23. The summed E-state index contributed by atoms with van der Waals surface area (Å²) in [6.45, 7) is 7.37. The van der Waals surface area contributed by atoms with E-state index in [1.807, 2.05) is 13.8 Å². The van der Waals surface area contributed by atoms with E-state index in [1.54, 1.807) is 22.9 Å². The summed E-state index contributed by atoms with van der Waals surface area (Å²) in [6.07, 6.45) is 3.74. The number of aliphatic carboxylic acids is 1. The van der Waals surface area contributed by atoms with Gasteiger partial charge in [-0.1, -0.05) is 19.9 Å². The van der Waals surface area contributed by atoms with Crippen molar-refractivity contribution in [1.82, 2.24) is 15.1 Å². The van der Waals surface area contributed by atoms with E-state index in [9.17, 15) is 19.1 Å². The van der Waals surface area contributed by atoms with Crippen molar-refractivity contribution in [3.05, 3.63) is 60.2 Å². The van der Waals surface area contributed by atoms with Gasteiger partial charge in [-0.15, -0.1) is 6.58 Å².